The minimum Gasteiger partial charge on any atom is -0.433 e. The van der Waals surface area contributed by atoms with Crippen LogP contribution in [-0.4, -0.2) is 16.7 Å². The third kappa shape index (κ3) is 3.88. The van der Waals surface area contributed by atoms with Crippen LogP contribution in [0.3, 0.4) is 0 Å². The smallest absolute Gasteiger partial charge is 0.200 e. The Hall–Kier alpha value is -0.490. The number of hydrogen-bond acceptors (Lipinski definition) is 4. The van der Waals surface area contributed by atoms with Gasteiger partial charge >= 0.3 is 0 Å². The monoisotopic (exact) mass is 401 g/mol. The summed E-state index contributed by atoms with van der Waals surface area (Å²) in [6, 6.07) is 7.67. The second kappa shape index (κ2) is 7.39. The number of nitrogens with zero attached hydrogens (tertiary/aromatic N) is 1. The summed E-state index contributed by atoms with van der Waals surface area (Å²) in [5, 5.41) is 10.7. The van der Waals surface area contributed by atoms with Crippen LogP contribution in [0.2, 0.25) is 5.02 Å². The Morgan fingerprint density at radius 3 is 2.55 bits per heavy atom. The molecule has 22 heavy (non-hydrogen) atoms. The number of aliphatic hydroxyl groups is 1. The molecule has 1 aliphatic rings. The molecule has 1 aromatic heterocycles. The van der Waals surface area contributed by atoms with Gasteiger partial charge in [-0.1, -0.05) is 11.6 Å². The highest BCUT2D eigenvalue weighted by molar-refractivity contribution is 9.10. The molecule has 6 heteroatoms. The second-order valence-electron chi connectivity index (χ2n) is 5.59. The van der Waals surface area contributed by atoms with Crippen LogP contribution < -0.4 is 0 Å². The van der Waals surface area contributed by atoms with Crippen LogP contribution in [0, 0.1) is 5.92 Å². The molecule has 118 valence electrons. The van der Waals surface area contributed by atoms with Gasteiger partial charge in [-0.05, 0) is 83.6 Å². The summed E-state index contributed by atoms with van der Waals surface area (Å²) < 4.78 is 6.72. The Kier molecular flexibility index (Phi) is 5.50. The van der Waals surface area contributed by atoms with Crippen molar-refractivity contribution in [3.8, 4) is 0 Å². The van der Waals surface area contributed by atoms with Crippen molar-refractivity contribution < 1.29 is 9.52 Å². The first-order chi connectivity index (χ1) is 10.7. The van der Waals surface area contributed by atoms with Crippen LogP contribution in [0.25, 0.3) is 0 Å². The van der Waals surface area contributed by atoms with Gasteiger partial charge in [0.05, 0.1) is 0 Å². The Morgan fingerprint density at radius 2 is 1.91 bits per heavy atom. The van der Waals surface area contributed by atoms with Gasteiger partial charge in [-0.2, -0.15) is 0 Å². The topological polar surface area (TPSA) is 46.3 Å². The van der Waals surface area contributed by atoms with Crippen molar-refractivity contribution in [2.75, 3.05) is 6.61 Å². The molecule has 0 radical (unpaired) electrons. The lowest BCUT2D eigenvalue weighted by Gasteiger charge is -2.24. The zero-order valence-electron chi connectivity index (χ0n) is 12.0. The minimum atomic E-state index is 0.291. The number of rotatable bonds is 4. The van der Waals surface area contributed by atoms with Crippen LogP contribution in [0.4, 0.5) is 0 Å². The van der Waals surface area contributed by atoms with E-state index in [1.165, 1.54) is 11.8 Å². The minimum absolute atomic E-state index is 0.291. The maximum Gasteiger partial charge on any atom is 0.200 e. The molecule has 1 heterocycles. The lowest BCUT2D eigenvalue weighted by atomic mass is 9.82. The first-order valence-electron chi connectivity index (χ1n) is 7.36. The Balaban J connectivity index is 1.70. The molecule has 0 aliphatic heterocycles. The number of aromatic nitrogens is 1. The van der Waals surface area contributed by atoms with Gasteiger partial charge in [0.2, 0.25) is 0 Å². The van der Waals surface area contributed by atoms with Crippen molar-refractivity contribution in [2.24, 2.45) is 5.92 Å². The summed E-state index contributed by atoms with van der Waals surface area (Å²) in [5.41, 5.74) is 0. The van der Waals surface area contributed by atoms with E-state index in [-0.39, 0.29) is 0 Å². The fraction of sp³-hybridized carbons (Fsp3) is 0.438. The Labute approximate surface area is 147 Å². The van der Waals surface area contributed by atoms with Crippen molar-refractivity contribution in [3.05, 3.63) is 39.8 Å². The fourth-order valence-electron chi connectivity index (χ4n) is 2.74. The second-order valence-corrected chi connectivity index (χ2v) is 7.82. The zero-order chi connectivity index (χ0) is 15.5. The van der Waals surface area contributed by atoms with Crippen LogP contribution in [0.5, 0.6) is 0 Å². The van der Waals surface area contributed by atoms with E-state index in [2.05, 4.69) is 20.9 Å². The van der Waals surface area contributed by atoms with Crippen molar-refractivity contribution in [1.82, 2.24) is 4.98 Å². The maximum absolute atomic E-state index is 9.22. The van der Waals surface area contributed by atoms with Gasteiger partial charge in [0.25, 0.3) is 0 Å². The Bertz CT molecular complexity index is 624. The third-order valence-corrected chi connectivity index (χ3v) is 6.07. The summed E-state index contributed by atoms with van der Waals surface area (Å²) in [6.07, 6.45) is 4.15. The van der Waals surface area contributed by atoms with Gasteiger partial charge in [-0.25, -0.2) is 4.98 Å². The van der Waals surface area contributed by atoms with E-state index in [1.54, 1.807) is 0 Å². The molecular formula is C16H17BrClNO2S. The van der Waals surface area contributed by atoms with Crippen molar-refractivity contribution in [3.63, 3.8) is 0 Å². The lowest BCUT2D eigenvalue weighted by molar-refractivity contribution is 0.175. The van der Waals surface area contributed by atoms with Crippen LogP contribution in [-0.2, 0) is 0 Å². The molecule has 0 bridgehead atoms. The van der Waals surface area contributed by atoms with Gasteiger partial charge < -0.3 is 9.52 Å². The molecule has 1 saturated carbocycles. The van der Waals surface area contributed by atoms with E-state index in [4.69, 9.17) is 16.0 Å². The normalized spacial score (nSPS) is 22.0. The van der Waals surface area contributed by atoms with Crippen LogP contribution in [0.15, 0.2) is 43.3 Å². The molecule has 1 N–H and O–H groups in total. The molecule has 0 spiro atoms. The summed E-state index contributed by atoms with van der Waals surface area (Å²) in [4.78, 5) is 5.61. The summed E-state index contributed by atoms with van der Waals surface area (Å²) in [6.45, 7) is 0.291. The van der Waals surface area contributed by atoms with E-state index in [1.807, 2.05) is 24.3 Å². The highest BCUT2D eigenvalue weighted by Gasteiger charge is 2.26. The highest BCUT2D eigenvalue weighted by Crippen LogP contribution is 2.40. The summed E-state index contributed by atoms with van der Waals surface area (Å²) >= 11 is 10.9. The molecule has 1 fully saturated rings. The van der Waals surface area contributed by atoms with E-state index < -0.39 is 0 Å². The number of oxazole rings is 1. The molecule has 0 saturated heterocycles. The quantitative estimate of drug-likeness (QED) is 0.732. The molecule has 0 unspecified atom stereocenters. The average Bonchev–Trinajstić information content (AvgIpc) is 2.91. The van der Waals surface area contributed by atoms with E-state index in [9.17, 15) is 5.11 Å². The van der Waals surface area contributed by atoms with Crippen molar-refractivity contribution in [2.45, 2.75) is 41.6 Å². The molecule has 1 aromatic carbocycles. The van der Waals surface area contributed by atoms with Crippen molar-refractivity contribution in [1.29, 1.82) is 0 Å². The molecule has 1 aliphatic carbocycles. The van der Waals surface area contributed by atoms with Gasteiger partial charge in [0, 0.05) is 22.4 Å². The van der Waals surface area contributed by atoms with Gasteiger partial charge in [0.1, 0.15) is 0 Å². The molecule has 3 nitrogen and oxygen atoms in total. The predicted octanol–water partition coefficient (Wildman–Crippen LogP) is 5.51. The first-order valence-corrected chi connectivity index (χ1v) is 9.35. The SMILES string of the molecule is OC[C@H]1CC[C@H](c2nc(Br)c(Sc3ccc(Cl)cc3)o2)CC1. The van der Waals surface area contributed by atoms with E-state index >= 15 is 0 Å². The average molecular weight is 403 g/mol. The number of aliphatic hydroxyl groups excluding tert-OH is 1. The number of halogens is 2. The number of benzene rings is 1. The zero-order valence-corrected chi connectivity index (χ0v) is 15.1. The van der Waals surface area contributed by atoms with E-state index in [0.717, 1.165) is 51.2 Å². The predicted molar refractivity (Wildman–Crippen MR) is 91.6 cm³/mol. The standard InChI is InChI=1S/C16H17BrClNO2S/c17-14-16(22-13-7-5-12(18)6-8-13)21-15(19-14)11-3-1-10(9-20)2-4-11/h5-8,10-11,20H,1-4,9H2/t10-,11-. The largest absolute Gasteiger partial charge is 0.433 e. The van der Waals surface area contributed by atoms with Gasteiger partial charge in [-0.15, -0.1) is 0 Å². The third-order valence-electron chi connectivity index (χ3n) is 4.05. The van der Waals surface area contributed by atoms with Crippen LogP contribution >= 0.6 is 39.3 Å². The lowest BCUT2D eigenvalue weighted by Crippen LogP contribution is -2.16. The fourth-order valence-corrected chi connectivity index (χ4v) is 4.11. The molecule has 0 amide bonds. The van der Waals surface area contributed by atoms with Gasteiger partial charge in [-0.3, -0.25) is 0 Å². The summed E-state index contributed by atoms with van der Waals surface area (Å²) in [7, 11) is 0. The van der Waals surface area contributed by atoms with Gasteiger partial charge in [0.15, 0.2) is 15.6 Å². The number of hydrogen-bond donors (Lipinski definition) is 1. The van der Waals surface area contributed by atoms with E-state index in [0.29, 0.717) is 18.4 Å². The molecule has 2 aromatic rings. The maximum atomic E-state index is 9.22. The highest BCUT2D eigenvalue weighted by atomic mass is 79.9. The van der Waals surface area contributed by atoms with Crippen LogP contribution in [0.1, 0.15) is 37.5 Å². The molecule has 0 atom stereocenters. The van der Waals surface area contributed by atoms with Crippen molar-refractivity contribution >= 4 is 39.3 Å². The first kappa shape index (κ1) is 16.4. The summed E-state index contributed by atoms with van der Waals surface area (Å²) in [5.74, 6) is 1.61. The Morgan fingerprint density at radius 1 is 1.23 bits per heavy atom. The molecular weight excluding hydrogens is 386 g/mol. The molecule has 3 rings (SSSR count).